The molecule has 0 amide bonds. The van der Waals surface area contributed by atoms with Crippen molar-refractivity contribution in [3.05, 3.63) is 29.6 Å². The molecule has 2 heteroatoms. The second kappa shape index (κ2) is 5.70. The molecule has 1 N–H and O–H groups in total. The Bertz CT molecular complexity index is 238. The van der Waals surface area contributed by atoms with Crippen LogP contribution in [0.15, 0.2) is 18.5 Å². The first-order valence-corrected chi connectivity index (χ1v) is 4.69. The molecule has 0 radical (unpaired) electrons. The van der Waals surface area contributed by atoms with E-state index in [4.69, 9.17) is 0 Å². The van der Waals surface area contributed by atoms with Crippen molar-refractivity contribution in [3.63, 3.8) is 0 Å². The van der Waals surface area contributed by atoms with E-state index in [1.54, 1.807) is 0 Å². The van der Waals surface area contributed by atoms with Crippen LogP contribution in [0.1, 0.15) is 30.9 Å². The predicted molar refractivity (Wildman–Crippen MR) is 53.0 cm³/mol. The zero-order chi connectivity index (χ0) is 8.97. The fourth-order valence-corrected chi connectivity index (χ4v) is 1.46. The second-order valence-electron chi connectivity index (χ2n) is 3.48. The molecule has 1 aromatic heterocycles. The molecule has 13 heavy (non-hydrogen) atoms. The fraction of sp³-hybridized carbons (Fsp3) is 0.545. The Balaban J connectivity index is 0.00000144. The third-order valence-corrected chi connectivity index (χ3v) is 1.96. The molecule has 1 aromatic rings. The summed E-state index contributed by atoms with van der Waals surface area (Å²) >= 11 is 0. The van der Waals surface area contributed by atoms with Gasteiger partial charge in [0, 0.05) is 17.5 Å². The van der Waals surface area contributed by atoms with Crippen molar-refractivity contribution >= 4 is 0 Å². The van der Waals surface area contributed by atoms with Gasteiger partial charge in [-0.1, -0.05) is 13.3 Å². The number of aryl methyl sites for hydroxylation is 3. The number of rotatable bonds is 3. The molecule has 0 unspecified atom stereocenters. The summed E-state index contributed by atoms with van der Waals surface area (Å²) in [5, 5.41) is 0. The van der Waals surface area contributed by atoms with E-state index in [0.29, 0.717) is 0 Å². The lowest BCUT2D eigenvalue weighted by Crippen LogP contribution is -2.33. The van der Waals surface area contributed by atoms with Crippen molar-refractivity contribution in [1.29, 1.82) is 0 Å². The minimum absolute atomic E-state index is 0. The van der Waals surface area contributed by atoms with Gasteiger partial charge in [0.2, 0.25) is 0 Å². The van der Waals surface area contributed by atoms with Gasteiger partial charge in [-0.25, -0.2) is 4.57 Å². The third kappa shape index (κ3) is 4.04. The quantitative estimate of drug-likeness (QED) is 0.658. The Morgan fingerprint density at radius 3 is 2.15 bits per heavy atom. The standard InChI is InChI=1S/C11H18N.H2O/c1-4-5-6-12-8-10(2)7-11(3)9-12;/h7-9H,4-6H2,1-3H3;1H2/q+1;/p-1. The summed E-state index contributed by atoms with van der Waals surface area (Å²) in [4.78, 5) is 0. The fourth-order valence-electron chi connectivity index (χ4n) is 1.46. The summed E-state index contributed by atoms with van der Waals surface area (Å²) in [7, 11) is 0. The van der Waals surface area contributed by atoms with Gasteiger partial charge in [0.15, 0.2) is 12.4 Å². The SMILES string of the molecule is CCCC[n+]1cc(C)cc(C)c1.[OH-]. The normalized spacial score (nSPS) is 9.46. The molecular weight excluding hydrogens is 162 g/mol. The first-order chi connectivity index (χ1) is 5.72. The second-order valence-corrected chi connectivity index (χ2v) is 3.48. The topological polar surface area (TPSA) is 33.9 Å². The van der Waals surface area contributed by atoms with Crippen LogP contribution >= 0.6 is 0 Å². The van der Waals surface area contributed by atoms with Crippen LogP contribution in [0.5, 0.6) is 0 Å². The van der Waals surface area contributed by atoms with Crippen LogP contribution in [0.2, 0.25) is 0 Å². The van der Waals surface area contributed by atoms with E-state index in [1.807, 2.05) is 0 Å². The van der Waals surface area contributed by atoms with Crippen LogP contribution in [-0.4, -0.2) is 5.48 Å². The predicted octanol–water partition coefficient (Wildman–Crippen LogP) is 2.21. The molecule has 74 valence electrons. The summed E-state index contributed by atoms with van der Waals surface area (Å²) < 4.78 is 2.29. The van der Waals surface area contributed by atoms with Gasteiger partial charge in [-0.15, -0.1) is 0 Å². The van der Waals surface area contributed by atoms with Crippen LogP contribution in [0.3, 0.4) is 0 Å². The minimum atomic E-state index is 0. The van der Waals surface area contributed by atoms with E-state index in [0.717, 1.165) is 6.54 Å². The van der Waals surface area contributed by atoms with Crippen LogP contribution in [0.4, 0.5) is 0 Å². The Morgan fingerprint density at radius 2 is 1.69 bits per heavy atom. The maximum absolute atomic E-state index is 2.29. The maximum Gasteiger partial charge on any atom is 0.171 e. The zero-order valence-corrected chi connectivity index (χ0v) is 8.75. The summed E-state index contributed by atoms with van der Waals surface area (Å²) in [5.74, 6) is 0. The molecule has 0 aliphatic rings. The van der Waals surface area contributed by atoms with E-state index in [1.165, 1.54) is 24.0 Å². The lowest BCUT2D eigenvalue weighted by atomic mass is 10.2. The Morgan fingerprint density at radius 1 is 1.15 bits per heavy atom. The number of hydrogen-bond acceptors (Lipinski definition) is 1. The van der Waals surface area contributed by atoms with Gasteiger partial charge in [-0.3, -0.25) is 0 Å². The molecule has 1 heterocycles. The Hall–Kier alpha value is -0.890. The van der Waals surface area contributed by atoms with E-state index < -0.39 is 0 Å². The molecule has 0 bridgehead atoms. The van der Waals surface area contributed by atoms with Crippen molar-refractivity contribution in [1.82, 2.24) is 0 Å². The lowest BCUT2D eigenvalue weighted by molar-refractivity contribution is -0.698. The van der Waals surface area contributed by atoms with Crippen molar-refractivity contribution in [2.75, 3.05) is 0 Å². The smallest absolute Gasteiger partial charge is 0.171 e. The van der Waals surface area contributed by atoms with E-state index in [-0.39, 0.29) is 5.48 Å². The van der Waals surface area contributed by atoms with E-state index in [2.05, 4.69) is 43.8 Å². The van der Waals surface area contributed by atoms with Crippen molar-refractivity contribution < 1.29 is 10.0 Å². The third-order valence-electron chi connectivity index (χ3n) is 1.96. The van der Waals surface area contributed by atoms with Crippen LogP contribution in [0, 0.1) is 13.8 Å². The van der Waals surface area contributed by atoms with Gasteiger partial charge in [-0.05, 0) is 19.9 Å². The molecule has 0 saturated carbocycles. The van der Waals surface area contributed by atoms with Crippen LogP contribution in [0.25, 0.3) is 0 Å². The summed E-state index contributed by atoms with van der Waals surface area (Å²) in [6.45, 7) is 7.67. The van der Waals surface area contributed by atoms with Crippen molar-refractivity contribution in [2.45, 2.75) is 40.2 Å². The average molecular weight is 181 g/mol. The maximum atomic E-state index is 2.29. The molecule has 2 nitrogen and oxygen atoms in total. The van der Waals surface area contributed by atoms with Gasteiger partial charge >= 0.3 is 0 Å². The highest BCUT2D eigenvalue weighted by molar-refractivity contribution is 5.11. The number of hydrogen-bond donors (Lipinski definition) is 0. The van der Waals surface area contributed by atoms with Gasteiger partial charge in [0.25, 0.3) is 0 Å². The molecule has 0 atom stereocenters. The Labute approximate surface area is 80.5 Å². The number of nitrogens with zero attached hydrogens (tertiary/aromatic N) is 1. The molecule has 0 aliphatic carbocycles. The highest BCUT2D eigenvalue weighted by Gasteiger charge is 2.00. The largest absolute Gasteiger partial charge is 0.870 e. The molecule has 0 aromatic carbocycles. The molecule has 0 saturated heterocycles. The lowest BCUT2D eigenvalue weighted by Gasteiger charge is -1.98. The molecule has 0 spiro atoms. The van der Waals surface area contributed by atoms with Gasteiger partial charge in [0.1, 0.15) is 6.54 Å². The Kier molecular flexibility index (Phi) is 5.31. The highest BCUT2D eigenvalue weighted by atomic mass is 16.0. The van der Waals surface area contributed by atoms with Crippen molar-refractivity contribution in [2.24, 2.45) is 0 Å². The number of aromatic nitrogens is 1. The highest BCUT2D eigenvalue weighted by Crippen LogP contribution is 1.97. The first kappa shape index (κ1) is 12.1. The van der Waals surface area contributed by atoms with Crippen LogP contribution in [-0.2, 0) is 6.54 Å². The molecule has 1 rings (SSSR count). The first-order valence-electron chi connectivity index (χ1n) is 4.69. The van der Waals surface area contributed by atoms with Gasteiger partial charge < -0.3 is 5.48 Å². The molecule has 0 fully saturated rings. The monoisotopic (exact) mass is 181 g/mol. The molecule has 0 aliphatic heterocycles. The van der Waals surface area contributed by atoms with Gasteiger partial charge in [0.05, 0.1) is 0 Å². The average Bonchev–Trinajstić information content (AvgIpc) is 1.99. The minimum Gasteiger partial charge on any atom is -0.870 e. The molecular formula is C11H19NO. The zero-order valence-electron chi connectivity index (χ0n) is 8.75. The van der Waals surface area contributed by atoms with Crippen molar-refractivity contribution in [3.8, 4) is 0 Å². The number of unbranched alkanes of at least 4 members (excludes halogenated alkanes) is 1. The van der Waals surface area contributed by atoms with E-state index in [9.17, 15) is 0 Å². The summed E-state index contributed by atoms with van der Waals surface area (Å²) in [5.41, 5.74) is 2.71. The van der Waals surface area contributed by atoms with Gasteiger partial charge in [-0.2, -0.15) is 0 Å². The van der Waals surface area contributed by atoms with Crippen LogP contribution < -0.4 is 4.57 Å². The summed E-state index contributed by atoms with van der Waals surface area (Å²) in [6, 6.07) is 2.21. The summed E-state index contributed by atoms with van der Waals surface area (Å²) in [6.07, 6.45) is 6.96. The van der Waals surface area contributed by atoms with E-state index >= 15 is 0 Å². The number of pyridine rings is 1.